The van der Waals surface area contributed by atoms with Crippen molar-refractivity contribution in [2.24, 2.45) is 5.41 Å². The number of nitrogens with zero attached hydrogens (tertiary/aromatic N) is 3. The van der Waals surface area contributed by atoms with Gasteiger partial charge in [0.05, 0.1) is 11.2 Å². The zero-order chi connectivity index (χ0) is 34.6. The molecular formula is C47H35N3O2. The lowest BCUT2D eigenvalue weighted by molar-refractivity contribution is 0.326. The molecule has 52 heavy (non-hydrogen) atoms. The molecule has 0 atom stereocenters. The van der Waals surface area contributed by atoms with Gasteiger partial charge in [-0.15, -0.1) is 0 Å². The predicted octanol–water partition coefficient (Wildman–Crippen LogP) is 10.8. The Kier molecular flexibility index (Phi) is 7.07. The molecular weight excluding hydrogens is 639 g/mol. The number of rotatable bonds is 6. The van der Waals surface area contributed by atoms with Crippen LogP contribution in [0.1, 0.15) is 22.3 Å². The lowest BCUT2D eigenvalue weighted by Crippen LogP contribution is -2.21. The minimum Gasteiger partial charge on any atom is -0.507 e. The molecule has 2 heterocycles. The molecule has 5 heteroatoms. The van der Waals surface area contributed by atoms with Gasteiger partial charge in [-0.1, -0.05) is 103 Å². The van der Waals surface area contributed by atoms with Crippen LogP contribution in [0.2, 0.25) is 0 Å². The van der Waals surface area contributed by atoms with Crippen molar-refractivity contribution in [3.05, 3.63) is 180 Å². The maximum Gasteiger partial charge on any atom is 0.164 e. The Labute approximate surface area is 302 Å². The molecule has 1 N–H and O–H groups in total. The number of pyridine rings is 1. The molecule has 0 radical (unpaired) electrons. The summed E-state index contributed by atoms with van der Waals surface area (Å²) in [5, 5.41) is 11.1. The highest BCUT2D eigenvalue weighted by atomic mass is 16.5. The summed E-state index contributed by atoms with van der Waals surface area (Å²) in [6.45, 7) is 0. The molecule has 0 bridgehead atoms. The van der Waals surface area contributed by atoms with Crippen molar-refractivity contribution in [1.29, 1.82) is 0 Å². The standard InChI is InChI=1S/C47H35N3O2/c51-43-22-9-7-18-37(43)38-26-35(25-34-29-47(30-39(34)38)27-32-15-4-5-16-33(32)28-47)52-44-23-12-21-42-45(44)49-46(40-19-10-11-24-48-40)50(42)41-20-8-6-17-36(41)31-13-2-1-3-14-31/h1-26,51H,27-30H2. The Morgan fingerprint density at radius 1 is 0.596 bits per heavy atom. The molecule has 2 aliphatic carbocycles. The monoisotopic (exact) mass is 673 g/mol. The zero-order valence-electron chi connectivity index (χ0n) is 28.5. The Balaban J connectivity index is 1.12. The first-order valence-corrected chi connectivity index (χ1v) is 17.9. The number of aromatic nitrogens is 3. The fourth-order valence-corrected chi connectivity index (χ4v) is 8.66. The second-order valence-corrected chi connectivity index (χ2v) is 14.2. The average Bonchev–Trinajstić information content (AvgIpc) is 3.87. The van der Waals surface area contributed by atoms with Crippen LogP contribution in [0.4, 0.5) is 0 Å². The average molecular weight is 674 g/mol. The Morgan fingerprint density at radius 2 is 1.31 bits per heavy atom. The molecule has 0 unspecified atom stereocenters. The van der Waals surface area contributed by atoms with E-state index in [9.17, 15) is 5.11 Å². The van der Waals surface area contributed by atoms with Crippen LogP contribution in [0.15, 0.2) is 158 Å². The van der Waals surface area contributed by atoms with E-state index in [2.05, 4.69) is 95.6 Å². The maximum atomic E-state index is 11.1. The molecule has 0 saturated carbocycles. The second-order valence-electron chi connectivity index (χ2n) is 14.2. The van der Waals surface area contributed by atoms with Crippen LogP contribution in [0, 0.1) is 5.41 Å². The molecule has 0 amide bonds. The van der Waals surface area contributed by atoms with E-state index in [0.29, 0.717) is 5.75 Å². The van der Waals surface area contributed by atoms with Crippen molar-refractivity contribution in [3.8, 4) is 56.7 Å². The molecule has 0 saturated heterocycles. The van der Waals surface area contributed by atoms with Gasteiger partial charge in [-0.3, -0.25) is 9.55 Å². The number of benzene rings is 6. The van der Waals surface area contributed by atoms with E-state index in [1.165, 1.54) is 22.3 Å². The number of ether oxygens (including phenoxy) is 1. The number of para-hydroxylation sites is 3. The van der Waals surface area contributed by atoms with Gasteiger partial charge in [-0.2, -0.15) is 0 Å². The van der Waals surface area contributed by atoms with Crippen LogP contribution < -0.4 is 4.74 Å². The van der Waals surface area contributed by atoms with E-state index < -0.39 is 0 Å². The van der Waals surface area contributed by atoms with Gasteiger partial charge in [-0.25, -0.2) is 4.98 Å². The third-order valence-corrected chi connectivity index (χ3v) is 10.9. The Hall–Kier alpha value is -6.46. The largest absolute Gasteiger partial charge is 0.507 e. The summed E-state index contributed by atoms with van der Waals surface area (Å²) in [6, 6.07) is 51.8. The molecule has 2 aromatic heterocycles. The number of fused-ring (bicyclic) bond motifs is 3. The van der Waals surface area contributed by atoms with E-state index in [1.54, 1.807) is 12.3 Å². The first-order valence-electron chi connectivity index (χ1n) is 17.9. The molecule has 6 aromatic carbocycles. The number of phenolic OH excluding ortho intramolecular Hbond substituents is 1. The summed E-state index contributed by atoms with van der Waals surface area (Å²) in [6.07, 6.45) is 5.86. The van der Waals surface area contributed by atoms with Crippen molar-refractivity contribution >= 4 is 11.0 Å². The quantitative estimate of drug-likeness (QED) is 0.191. The van der Waals surface area contributed by atoms with Gasteiger partial charge in [0.25, 0.3) is 0 Å². The molecule has 2 aliphatic rings. The van der Waals surface area contributed by atoms with Gasteiger partial charge in [-0.05, 0) is 113 Å². The minimum atomic E-state index is 0.131. The molecule has 1 spiro atoms. The van der Waals surface area contributed by atoms with E-state index in [-0.39, 0.29) is 11.2 Å². The van der Waals surface area contributed by atoms with Crippen molar-refractivity contribution < 1.29 is 9.84 Å². The smallest absolute Gasteiger partial charge is 0.164 e. The van der Waals surface area contributed by atoms with Gasteiger partial charge >= 0.3 is 0 Å². The third-order valence-electron chi connectivity index (χ3n) is 10.9. The number of hydrogen-bond donors (Lipinski definition) is 1. The van der Waals surface area contributed by atoms with Crippen LogP contribution in [0.25, 0.3) is 50.5 Å². The van der Waals surface area contributed by atoms with Crippen LogP contribution in [-0.4, -0.2) is 19.6 Å². The molecule has 0 fully saturated rings. The van der Waals surface area contributed by atoms with Crippen molar-refractivity contribution in [1.82, 2.24) is 14.5 Å². The SMILES string of the molecule is Oc1ccccc1-c1cc(Oc2cccc3c2nc(-c2ccccn2)n3-c2ccccc2-c2ccccc2)cc2c1CC1(Cc3ccccc3C1)C2. The van der Waals surface area contributed by atoms with Crippen molar-refractivity contribution in [2.75, 3.05) is 0 Å². The van der Waals surface area contributed by atoms with E-state index in [4.69, 9.17) is 14.7 Å². The number of hydrogen-bond acceptors (Lipinski definition) is 4. The maximum absolute atomic E-state index is 11.1. The lowest BCUT2D eigenvalue weighted by atomic mass is 9.81. The highest BCUT2D eigenvalue weighted by Gasteiger charge is 2.43. The molecule has 250 valence electrons. The predicted molar refractivity (Wildman–Crippen MR) is 207 cm³/mol. The Morgan fingerprint density at radius 3 is 2.10 bits per heavy atom. The number of aromatic hydroxyl groups is 1. The van der Waals surface area contributed by atoms with Crippen molar-refractivity contribution in [2.45, 2.75) is 25.7 Å². The first kappa shape index (κ1) is 30.4. The number of imidazole rings is 1. The van der Waals surface area contributed by atoms with E-state index in [0.717, 1.165) is 81.9 Å². The lowest BCUT2D eigenvalue weighted by Gasteiger charge is -2.22. The Bertz CT molecular complexity index is 2600. The van der Waals surface area contributed by atoms with Gasteiger partial charge in [0, 0.05) is 17.3 Å². The summed E-state index contributed by atoms with van der Waals surface area (Å²) in [5.41, 5.74) is 13.2. The molecule has 8 aromatic rings. The van der Waals surface area contributed by atoms with Gasteiger partial charge in [0.15, 0.2) is 11.6 Å². The van der Waals surface area contributed by atoms with Crippen LogP contribution in [0.3, 0.4) is 0 Å². The summed E-state index contributed by atoms with van der Waals surface area (Å²) in [4.78, 5) is 10.0. The van der Waals surface area contributed by atoms with E-state index in [1.807, 2.05) is 54.6 Å². The van der Waals surface area contributed by atoms with Crippen molar-refractivity contribution in [3.63, 3.8) is 0 Å². The van der Waals surface area contributed by atoms with Gasteiger partial charge < -0.3 is 9.84 Å². The van der Waals surface area contributed by atoms with Crippen LogP contribution in [-0.2, 0) is 25.7 Å². The summed E-state index contributed by atoms with van der Waals surface area (Å²) >= 11 is 0. The summed E-state index contributed by atoms with van der Waals surface area (Å²) < 4.78 is 9.11. The first-order chi connectivity index (χ1) is 25.6. The third kappa shape index (κ3) is 5.08. The van der Waals surface area contributed by atoms with Gasteiger partial charge in [0.2, 0.25) is 0 Å². The van der Waals surface area contributed by atoms with Gasteiger partial charge in [0.1, 0.15) is 22.7 Å². The second kappa shape index (κ2) is 12.1. The minimum absolute atomic E-state index is 0.131. The summed E-state index contributed by atoms with van der Waals surface area (Å²) in [5.74, 6) is 2.41. The molecule has 10 rings (SSSR count). The van der Waals surface area contributed by atoms with E-state index >= 15 is 0 Å². The zero-order valence-corrected chi connectivity index (χ0v) is 28.5. The fourth-order valence-electron chi connectivity index (χ4n) is 8.66. The molecule has 0 aliphatic heterocycles. The van der Waals surface area contributed by atoms with Crippen LogP contribution in [0.5, 0.6) is 17.2 Å². The topological polar surface area (TPSA) is 60.2 Å². The normalized spacial score (nSPS) is 14.1. The molecule has 5 nitrogen and oxygen atoms in total. The highest BCUT2D eigenvalue weighted by Crippen LogP contribution is 2.51. The summed E-state index contributed by atoms with van der Waals surface area (Å²) in [7, 11) is 0. The highest BCUT2D eigenvalue weighted by molar-refractivity contribution is 5.90. The van der Waals surface area contributed by atoms with Crippen LogP contribution >= 0.6 is 0 Å². The number of phenols is 1. The fraction of sp³-hybridized carbons (Fsp3) is 0.106.